The van der Waals surface area contributed by atoms with Crippen molar-refractivity contribution < 1.29 is 9.59 Å². The topological polar surface area (TPSA) is 72.2 Å². The molecule has 0 aliphatic heterocycles. The highest BCUT2D eigenvalue weighted by atomic mass is 16.2. The van der Waals surface area contributed by atoms with Gasteiger partial charge in [-0.2, -0.15) is 0 Å². The van der Waals surface area contributed by atoms with Crippen LogP contribution in [0, 0.1) is 23.7 Å². The molecule has 1 aliphatic rings. The highest BCUT2D eigenvalue weighted by molar-refractivity contribution is 5.86. The van der Waals surface area contributed by atoms with E-state index in [1.54, 1.807) is 6.08 Å². The Morgan fingerprint density at radius 2 is 2.11 bits per heavy atom. The zero-order valence-electron chi connectivity index (χ0n) is 12.0. The Morgan fingerprint density at radius 3 is 2.53 bits per heavy atom. The highest BCUT2D eigenvalue weighted by Gasteiger charge is 2.40. The summed E-state index contributed by atoms with van der Waals surface area (Å²) in [6, 6.07) is 0. The van der Waals surface area contributed by atoms with Crippen molar-refractivity contribution >= 4 is 11.8 Å². The van der Waals surface area contributed by atoms with Crippen LogP contribution >= 0.6 is 0 Å². The first kappa shape index (κ1) is 15.7. The molecule has 1 fully saturated rings. The summed E-state index contributed by atoms with van der Waals surface area (Å²) in [5.41, 5.74) is 5.49. The van der Waals surface area contributed by atoms with Crippen LogP contribution in [0.5, 0.6) is 0 Å². The third-order valence-corrected chi connectivity index (χ3v) is 4.05. The molecular weight excluding hydrogens is 240 g/mol. The molecule has 2 amide bonds. The van der Waals surface area contributed by atoms with Gasteiger partial charge >= 0.3 is 0 Å². The van der Waals surface area contributed by atoms with Gasteiger partial charge in [0.1, 0.15) is 0 Å². The molecule has 1 aliphatic carbocycles. The monoisotopic (exact) mass is 266 g/mol. The molecule has 3 N–H and O–H groups in total. The van der Waals surface area contributed by atoms with Crippen LogP contribution in [0.15, 0.2) is 12.7 Å². The first-order valence-electron chi connectivity index (χ1n) is 7.19. The van der Waals surface area contributed by atoms with E-state index in [0.29, 0.717) is 31.2 Å². The van der Waals surface area contributed by atoms with Crippen molar-refractivity contribution in [3.8, 4) is 0 Å². The van der Waals surface area contributed by atoms with Crippen LogP contribution in [0.4, 0.5) is 0 Å². The van der Waals surface area contributed by atoms with E-state index in [1.807, 2.05) is 6.92 Å². The first-order valence-corrected chi connectivity index (χ1v) is 7.19. The molecule has 1 rings (SSSR count). The summed E-state index contributed by atoms with van der Waals surface area (Å²) in [5.74, 6) is 0.175. The van der Waals surface area contributed by atoms with E-state index in [1.165, 1.54) is 0 Å². The van der Waals surface area contributed by atoms with E-state index in [0.717, 1.165) is 12.8 Å². The Hall–Kier alpha value is -1.32. The lowest BCUT2D eigenvalue weighted by atomic mass is 9.83. The summed E-state index contributed by atoms with van der Waals surface area (Å²) in [7, 11) is 0. The fourth-order valence-corrected chi connectivity index (χ4v) is 2.65. The number of nitrogens with two attached hydrogens (primary N) is 1. The Kier molecular flexibility index (Phi) is 6.06. The summed E-state index contributed by atoms with van der Waals surface area (Å²) >= 11 is 0. The molecule has 1 saturated carbocycles. The standard InChI is InChI=1S/C15H26N2O2/c1-4-6-7-12(14(16)18)13(15(19)17-5-2)9-11-8-10(11)3/h4,10-13H,1,5-9H2,2-3H3,(H2,16,18)(H,17,19)/t10?,11?,12-,13?/m0/s1. The average Bonchev–Trinajstić information content (AvgIpc) is 3.04. The maximum atomic E-state index is 12.2. The number of hydrogen-bond donors (Lipinski definition) is 2. The van der Waals surface area contributed by atoms with E-state index < -0.39 is 0 Å². The quantitative estimate of drug-likeness (QED) is 0.625. The van der Waals surface area contributed by atoms with Crippen molar-refractivity contribution in [3.63, 3.8) is 0 Å². The molecule has 19 heavy (non-hydrogen) atoms. The van der Waals surface area contributed by atoms with Gasteiger partial charge in [-0.25, -0.2) is 0 Å². The molecule has 0 aromatic heterocycles. The maximum Gasteiger partial charge on any atom is 0.223 e. The van der Waals surface area contributed by atoms with Gasteiger partial charge in [0.25, 0.3) is 0 Å². The zero-order chi connectivity index (χ0) is 14.4. The lowest BCUT2D eigenvalue weighted by Crippen LogP contribution is -2.40. The molecule has 3 unspecified atom stereocenters. The predicted molar refractivity (Wildman–Crippen MR) is 76.2 cm³/mol. The molecule has 4 atom stereocenters. The smallest absolute Gasteiger partial charge is 0.223 e. The van der Waals surface area contributed by atoms with Crippen LogP contribution in [0.2, 0.25) is 0 Å². The highest BCUT2D eigenvalue weighted by Crippen LogP contribution is 2.44. The number of carbonyl (C=O) groups excluding carboxylic acids is 2. The van der Waals surface area contributed by atoms with E-state index >= 15 is 0 Å². The minimum absolute atomic E-state index is 0.0329. The number of allylic oxidation sites excluding steroid dienone is 1. The van der Waals surface area contributed by atoms with Gasteiger partial charge in [0, 0.05) is 18.4 Å². The van der Waals surface area contributed by atoms with E-state index in [2.05, 4.69) is 18.8 Å². The van der Waals surface area contributed by atoms with Crippen molar-refractivity contribution in [2.24, 2.45) is 29.4 Å². The van der Waals surface area contributed by atoms with E-state index in [4.69, 9.17) is 5.73 Å². The number of amides is 2. The molecule has 108 valence electrons. The Morgan fingerprint density at radius 1 is 1.47 bits per heavy atom. The first-order chi connectivity index (χ1) is 9.01. The molecule has 0 aromatic carbocycles. The number of primary amides is 1. The summed E-state index contributed by atoms with van der Waals surface area (Å²) in [4.78, 5) is 23.8. The second-order valence-electron chi connectivity index (χ2n) is 5.58. The van der Waals surface area contributed by atoms with Gasteiger partial charge in [0.2, 0.25) is 11.8 Å². The molecule has 0 heterocycles. The maximum absolute atomic E-state index is 12.2. The fraction of sp³-hybridized carbons (Fsp3) is 0.733. The fourth-order valence-electron chi connectivity index (χ4n) is 2.65. The van der Waals surface area contributed by atoms with E-state index in [9.17, 15) is 9.59 Å². The van der Waals surface area contributed by atoms with Gasteiger partial charge in [0.15, 0.2) is 0 Å². The third kappa shape index (κ3) is 4.69. The predicted octanol–water partition coefficient (Wildman–Crippen LogP) is 1.85. The largest absolute Gasteiger partial charge is 0.369 e. The van der Waals surface area contributed by atoms with E-state index in [-0.39, 0.29) is 23.7 Å². The number of rotatable bonds is 9. The lowest BCUT2D eigenvalue weighted by Gasteiger charge is -2.23. The van der Waals surface area contributed by atoms with Gasteiger partial charge in [-0.1, -0.05) is 13.0 Å². The van der Waals surface area contributed by atoms with Crippen LogP contribution in [0.25, 0.3) is 0 Å². The second kappa shape index (κ2) is 7.31. The normalized spacial score (nSPS) is 24.3. The Balaban J connectivity index is 2.74. The van der Waals surface area contributed by atoms with Crippen LogP contribution in [0.1, 0.15) is 39.5 Å². The summed E-state index contributed by atoms with van der Waals surface area (Å²) in [6.07, 6.45) is 5.02. The summed E-state index contributed by atoms with van der Waals surface area (Å²) in [5, 5.41) is 2.83. The van der Waals surface area contributed by atoms with Crippen molar-refractivity contribution in [1.29, 1.82) is 0 Å². The molecule has 0 bridgehead atoms. The van der Waals surface area contributed by atoms with Crippen molar-refractivity contribution in [2.45, 2.75) is 39.5 Å². The second-order valence-corrected chi connectivity index (χ2v) is 5.58. The van der Waals surface area contributed by atoms with Gasteiger partial charge < -0.3 is 11.1 Å². The number of hydrogen-bond acceptors (Lipinski definition) is 2. The van der Waals surface area contributed by atoms with Crippen molar-refractivity contribution in [3.05, 3.63) is 12.7 Å². The molecular formula is C15H26N2O2. The van der Waals surface area contributed by atoms with Gasteiger partial charge in [-0.3, -0.25) is 9.59 Å². The average molecular weight is 266 g/mol. The lowest BCUT2D eigenvalue weighted by molar-refractivity contribution is -0.134. The number of carbonyl (C=O) groups is 2. The van der Waals surface area contributed by atoms with Crippen molar-refractivity contribution in [2.75, 3.05) is 6.54 Å². The van der Waals surface area contributed by atoms with Crippen LogP contribution in [0.3, 0.4) is 0 Å². The molecule has 4 heteroatoms. The van der Waals surface area contributed by atoms with Crippen molar-refractivity contribution in [1.82, 2.24) is 5.32 Å². The van der Waals surface area contributed by atoms with Gasteiger partial charge in [-0.15, -0.1) is 6.58 Å². The van der Waals surface area contributed by atoms with Crippen LogP contribution in [-0.2, 0) is 9.59 Å². The minimum atomic E-state index is -0.377. The molecule has 0 saturated heterocycles. The van der Waals surface area contributed by atoms with Crippen LogP contribution in [-0.4, -0.2) is 18.4 Å². The minimum Gasteiger partial charge on any atom is -0.369 e. The van der Waals surface area contributed by atoms with Gasteiger partial charge in [0.05, 0.1) is 0 Å². The van der Waals surface area contributed by atoms with Gasteiger partial charge in [-0.05, 0) is 44.4 Å². The summed E-state index contributed by atoms with van der Waals surface area (Å²) < 4.78 is 0. The SMILES string of the molecule is C=CCC[C@H](C(N)=O)C(CC1CC1C)C(=O)NCC. The molecule has 0 spiro atoms. The zero-order valence-corrected chi connectivity index (χ0v) is 12.0. The number of nitrogens with one attached hydrogen (secondary N) is 1. The molecule has 0 radical (unpaired) electrons. The molecule has 0 aromatic rings. The summed E-state index contributed by atoms with van der Waals surface area (Å²) in [6.45, 7) is 8.32. The third-order valence-electron chi connectivity index (χ3n) is 4.05. The Labute approximate surface area is 115 Å². The Bertz CT molecular complexity index is 341. The molecule has 4 nitrogen and oxygen atoms in total. The van der Waals surface area contributed by atoms with Crippen LogP contribution < -0.4 is 11.1 Å².